The fourth-order valence-electron chi connectivity index (χ4n) is 5.77. The molecule has 10 heteroatoms. The fraction of sp³-hybridized carbons (Fsp3) is 0.481. The predicted molar refractivity (Wildman–Crippen MR) is 130 cm³/mol. The van der Waals surface area contributed by atoms with Gasteiger partial charge < -0.3 is 24.8 Å². The lowest BCUT2D eigenvalue weighted by Gasteiger charge is -2.41. The van der Waals surface area contributed by atoms with Crippen LogP contribution >= 0.6 is 0 Å². The van der Waals surface area contributed by atoms with Gasteiger partial charge in [0.2, 0.25) is 0 Å². The highest BCUT2D eigenvalue weighted by Crippen LogP contribution is 2.43. The highest BCUT2D eigenvalue weighted by Gasteiger charge is 2.41. The Labute approximate surface area is 212 Å². The third-order valence-electron chi connectivity index (χ3n) is 7.46. The lowest BCUT2D eigenvalue weighted by molar-refractivity contribution is -0.137. The molecule has 2 aromatic carbocycles. The Morgan fingerprint density at radius 2 is 1.86 bits per heavy atom. The molecule has 2 aliphatic rings. The number of nitrogens with one attached hydrogen (secondary N) is 1. The molecule has 5 rings (SSSR count). The van der Waals surface area contributed by atoms with Crippen LogP contribution in [0.5, 0.6) is 5.75 Å². The molecule has 37 heavy (non-hydrogen) atoms. The topological polar surface area (TPSA) is 103 Å². The number of aromatic nitrogens is 2. The van der Waals surface area contributed by atoms with Crippen molar-refractivity contribution >= 4 is 11.0 Å². The van der Waals surface area contributed by atoms with Gasteiger partial charge >= 0.3 is 6.18 Å². The number of halogens is 3. The summed E-state index contributed by atoms with van der Waals surface area (Å²) in [5.74, 6) is 0.466. The van der Waals surface area contributed by atoms with Crippen LogP contribution in [0.1, 0.15) is 62.3 Å². The molecule has 7 nitrogen and oxygen atoms in total. The van der Waals surface area contributed by atoms with Crippen molar-refractivity contribution in [3.63, 3.8) is 0 Å². The van der Waals surface area contributed by atoms with Crippen LogP contribution in [-0.2, 0) is 11.8 Å². The van der Waals surface area contributed by atoms with Crippen molar-refractivity contribution in [3.05, 3.63) is 59.4 Å². The molecular formula is C27H29F3N4O3. The number of nitrogens with zero attached hydrogens (tertiary/aromatic N) is 3. The number of rotatable bonds is 5. The molecule has 1 aliphatic carbocycles. The first kappa shape index (κ1) is 25.5. The van der Waals surface area contributed by atoms with Crippen LogP contribution in [0.3, 0.4) is 0 Å². The molecule has 196 valence electrons. The number of nitriles is 1. The van der Waals surface area contributed by atoms with E-state index in [1.807, 2.05) is 11.5 Å². The van der Waals surface area contributed by atoms with Crippen molar-refractivity contribution in [2.45, 2.75) is 75.0 Å². The number of hydrogen-bond donors (Lipinski definition) is 3. The van der Waals surface area contributed by atoms with Crippen molar-refractivity contribution in [1.82, 2.24) is 14.9 Å². The minimum Gasteiger partial charge on any atom is -0.492 e. The van der Waals surface area contributed by atoms with Crippen molar-refractivity contribution in [3.8, 4) is 11.8 Å². The molecule has 1 aliphatic heterocycles. The van der Waals surface area contributed by atoms with Crippen molar-refractivity contribution < 1.29 is 28.1 Å². The van der Waals surface area contributed by atoms with Crippen LogP contribution in [0.25, 0.3) is 11.0 Å². The van der Waals surface area contributed by atoms with Gasteiger partial charge in [0.25, 0.3) is 0 Å². The summed E-state index contributed by atoms with van der Waals surface area (Å²) in [4.78, 5) is 4.45. The number of hydrogen-bond acceptors (Lipinski definition) is 6. The van der Waals surface area contributed by atoms with Gasteiger partial charge in [-0.1, -0.05) is 12.1 Å². The Bertz CT molecular complexity index is 1340. The third kappa shape index (κ3) is 5.04. The van der Waals surface area contributed by atoms with Crippen molar-refractivity contribution in [1.29, 1.82) is 5.26 Å². The maximum absolute atomic E-state index is 13.0. The Morgan fingerprint density at radius 3 is 2.49 bits per heavy atom. The predicted octanol–water partition coefficient (Wildman–Crippen LogP) is 4.42. The van der Waals surface area contributed by atoms with E-state index < -0.39 is 22.9 Å². The van der Waals surface area contributed by atoms with Gasteiger partial charge in [0.15, 0.2) is 0 Å². The molecule has 0 unspecified atom stereocenters. The average Bonchev–Trinajstić information content (AvgIpc) is 3.23. The van der Waals surface area contributed by atoms with Crippen molar-refractivity contribution in [2.75, 3.05) is 6.61 Å². The van der Waals surface area contributed by atoms with Gasteiger partial charge in [-0.15, -0.1) is 0 Å². The van der Waals surface area contributed by atoms with E-state index in [9.17, 15) is 28.6 Å². The van der Waals surface area contributed by atoms with Crippen LogP contribution in [0.15, 0.2) is 42.7 Å². The molecule has 0 amide bonds. The smallest absolute Gasteiger partial charge is 0.416 e. The third-order valence-corrected chi connectivity index (χ3v) is 7.46. The van der Waals surface area contributed by atoms with Gasteiger partial charge in [0, 0.05) is 30.3 Å². The first-order chi connectivity index (χ1) is 17.4. The largest absolute Gasteiger partial charge is 0.492 e. The van der Waals surface area contributed by atoms with E-state index in [2.05, 4.69) is 16.4 Å². The summed E-state index contributed by atoms with van der Waals surface area (Å²) in [6.07, 6.45) is -0.958. The molecule has 2 fully saturated rings. The zero-order valence-electron chi connectivity index (χ0n) is 20.6. The lowest BCUT2D eigenvalue weighted by Crippen LogP contribution is -2.53. The van der Waals surface area contributed by atoms with Gasteiger partial charge in [-0.05, 0) is 57.2 Å². The van der Waals surface area contributed by atoms with E-state index in [0.29, 0.717) is 47.2 Å². The normalized spacial score (nSPS) is 30.1. The molecule has 3 atom stereocenters. The average molecular weight is 515 g/mol. The summed E-state index contributed by atoms with van der Waals surface area (Å²) >= 11 is 0. The second-order valence-electron chi connectivity index (χ2n) is 10.8. The molecule has 2 heterocycles. The zero-order chi connectivity index (χ0) is 26.6. The van der Waals surface area contributed by atoms with E-state index >= 15 is 0 Å². The monoisotopic (exact) mass is 514 g/mol. The Morgan fingerprint density at radius 1 is 1.16 bits per heavy atom. The number of aliphatic hydroxyl groups is 2. The molecule has 0 radical (unpaired) electrons. The SMILES string of the molecule is C[C@H]1C[C@@](O)(c2ccc(C(F)(F)F)cc2)C[C@@H](COc2cc(C#N)c3c(c2)ncn3C2CC(C)(O)C2)N1. The van der Waals surface area contributed by atoms with Gasteiger partial charge in [-0.2, -0.15) is 18.4 Å². The van der Waals surface area contributed by atoms with Crippen LogP contribution in [0.2, 0.25) is 0 Å². The first-order valence-corrected chi connectivity index (χ1v) is 12.3. The molecular weight excluding hydrogens is 485 g/mol. The quantitative estimate of drug-likeness (QED) is 0.466. The van der Waals surface area contributed by atoms with Gasteiger partial charge in [0.1, 0.15) is 18.4 Å². The summed E-state index contributed by atoms with van der Waals surface area (Å²) in [7, 11) is 0. The Balaban J connectivity index is 1.31. The van der Waals surface area contributed by atoms with Crippen LogP contribution in [0, 0.1) is 11.3 Å². The summed E-state index contributed by atoms with van der Waals surface area (Å²) in [6.45, 7) is 3.89. The van der Waals surface area contributed by atoms with Gasteiger partial charge in [0.05, 0.1) is 39.7 Å². The maximum Gasteiger partial charge on any atom is 0.416 e. The number of benzene rings is 2. The number of alkyl halides is 3. The first-order valence-electron chi connectivity index (χ1n) is 12.3. The molecule has 3 N–H and O–H groups in total. The summed E-state index contributed by atoms with van der Waals surface area (Å²) in [6, 6.07) is 10.0. The molecule has 1 saturated heterocycles. The van der Waals surface area contributed by atoms with Crippen molar-refractivity contribution in [2.24, 2.45) is 0 Å². The Kier molecular flexibility index (Phi) is 6.21. The maximum atomic E-state index is 13.0. The van der Waals surface area contributed by atoms with E-state index in [1.165, 1.54) is 12.1 Å². The number of fused-ring (bicyclic) bond motifs is 1. The minimum atomic E-state index is -4.44. The minimum absolute atomic E-state index is 0.0784. The van der Waals surface area contributed by atoms with E-state index in [4.69, 9.17) is 4.74 Å². The standard InChI is InChI=1S/C27H29F3N4O3/c1-16-9-26(36,18-3-5-19(6-4-18)27(28,29)30)10-20(33-16)14-37-22-7-17(13-31)24-23(8-22)32-15-34(24)21-11-25(2,35)12-21/h3-8,15-16,20-21,33,35-36H,9-12,14H2,1-2H3/t16-,20-,21?,25?,26-/m0/s1. The van der Waals surface area contributed by atoms with Crippen LogP contribution < -0.4 is 10.1 Å². The van der Waals surface area contributed by atoms with E-state index in [1.54, 1.807) is 25.4 Å². The molecule has 0 bridgehead atoms. The van der Waals surface area contributed by atoms with E-state index in [-0.39, 0.29) is 31.2 Å². The van der Waals surface area contributed by atoms with E-state index in [0.717, 1.165) is 12.1 Å². The molecule has 1 saturated carbocycles. The molecule has 0 spiro atoms. The second kappa shape index (κ2) is 9.01. The zero-order valence-corrected chi connectivity index (χ0v) is 20.6. The summed E-state index contributed by atoms with van der Waals surface area (Å²) in [5, 5.41) is 34.6. The molecule has 1 aromatic heterocycles. The van der Waals surface area contributed by atoms with Crippen LogP contribution in [0.4, 0.5) is 13.2 Å². The highest BCUT2D eigenvalue weighted by molar-refractivity contribution is 5.83. The number of imidazole rings is 1. The number of ether oxygens (including phenoxy) is 1. The van der Waals surface area contributed by atoms with Crippen LogP contribution in [-0.4, -0.2) is 44.1 Å². The fourth-order valence-corrected chi connectivity index (χ4v) is 5.77. The van der Waals surface area contributed by atoms with Gasteiger partial charge in [-0.25, -0.2) is 4.98 Å². The summed E-state index contributed by atoms with van der Waals surface area (Å²) in [5.41, 5.74) is -0.578. The molecule has 3 aromatic rings. The van der Waals surface area contributed by atoms with Gasteiger partial charge in [-0.3, -0.25) is 0 Å². The number of piperidine rings is 1. The lowest BCUT2D eigenvalue weighted by atomic mass is 9.77. The summed E-state index contributed by atoms with van der Waals surface area (Å²) < 4.78 is 46.8. The second-order valence-corrected chi connectivity index (χ2v) is 10.8. The Hall–Kier alpha value is -3.13. The highest BCUT2D eigenvalue weighted by atomic mass is 19.4.